The molecule has 2 rings (SSSR count). The number of nitro groups is 1. The molecule has 0 aliphatic heterocycles. The number of ether oxygens (including phenoxy) is 1. The van der Waals surface area contributed by atoms with E-state index in [-0.39, 0.29) is 18.0 Å². The fraction of sp³-hybridized carbons (Fsp3) is 0.462. The number of carbonyl (C=O) groups is 1. The number of nitro benzene ring substituents is 1. The summed E-state index contributed by atoms with van der Waals surface area (Å²) in [6.45, 7) is 0.340. The second kappa shape index (κ2) is 6.23. The molecule has 1 aliphatic carbocycles. The zero-order valence-electron chi connectivity index (χ0n) is 11.2. The smallest absolute Gasteiger partial charge is 0.292 e. The number of nitrogens with zero attached hydrogens (tertiary/aromatic N) is 1. The molecule has 2 N–H and O–H groups in total. The van der Waals surface area contributed by atoms with Crippen LogP contribution in [0, 0.1) is 10.1 Å². The fourth-order valence-electron chi connectivity index (χ4n) is 1.78. The Morgan fingerprint density at radius 1 is 1.50 bits per heavy atom. The van der Waals surface area contributed by atoms with E-state index in [1.165, 1.54) is 19.2 Å². The van der Waals surface area contributed by atoms with Crippen LogP contribution in [-0.4, -0.2) is 30.5 Å². The first-order valence-electron chi connectivity index (χ1n) is 6.46. The topological polar surface area (TPSA) is 93.5 Å². The van der Waals surface area contributed by atoms with Crippen LogP contribution in [0.1, 0.15) is 19.3 Å². The largest absolute Gasteiger partial charge is 0.497 e. The van der Waals surface area contributed by atoms with Gasteiger partial charge in [0.25, 0.3) is 5.69 Å². The molecule has 108 valence electrons. The molecule has 1 aliphatic rings. The minimum Gasteiger partial charge on any atom is -0.497 e. The van der Waals surface area contributed by atoms with Gasteiger partial charge in [-0.25, -0.2) is 0 Å². The number of hydrogen-bond donors (Lipinski definition) is 2. The lowest BCUT2D eigenvalue weighted by Crippen LogP contribution is -2.27. The lowest BCUT2D eigenvalue weighted by atomic mass is 10.2. The molecule has 1 saturated carbocycles. The number of carbonyl (C=O) groups excluding carboxylic acids is 1. The van der Waals surface area contributed by atoms with E-state index < -0.39 is 4.92 Å². The van der Waals surface area contributed by atoms with Crippen molar-refractivity contribution in [3.8, 4) is 5.75 Å². The van der Waals surface area contributed by atoms with Gasteiger partial charge in [-0.1, -0.05) is 0 Å². The highest BCUT2D eigenvalue weighted by Crippen LogP contribution is 2.28. The summed E-state index contributed by atoms with van der Waals surface area (Å²) < 4.78 is 5.04. The van der Waals surface area contributed by atoms with E-state index in [4.69, 9.17) is 4.74 Å². The first kappa shape index (κ1) is 14.1. The van der Waals surface area contributed by atoms with Gasteiger partial charge in [0.1, 0.15) is 11.4 Å². The van der Waals surface area contributed by atoms with Gasteiger partial charge >= 0.3 is 0 Å². The van der Waals surface area contributed by atoms with E-state index in [0.717, 1.165) is 12.8 Å². The van der Waals surface area contributed by atoms with Crippen LogP contribution in [0.3, 0.4) is 0 Å². The predicted molar refractivity (Wildman–Crippen MR) is 73.9 cm³/mol. The van der Waals surface area contributed by atoms with Crippen molar-refractivity contribution < 1.29 is 14.5 Å². The Bertz CT molecular complexity index is 514. The van der Waals surface area contributed by atoms with E-state index in [2.05, 4.69) is 10.6 Å². The molecule has 1 amide bonds. The molecule has 7 nitrogen and oxygen atoms in total. The number of anilines is 1. The fourth-order valence-corrected chi connectivity index (χ4v) is 1.78. The maximum Gasteiger partial charge on any atom is 0.292 e. The van der Waals surface area contributed by atoms with Gasteiger partial charge in [-0.2, -0.15) is 0 Å². The van der Waals surface area contributed by atoms with Crippen LogP contribution in [0.4, 0.5) is 11.4 Å². The standard InChI is InChI=1S/C13H17N3O4/c1-20-10-4-5-12(16(18)19)11(8-10)14-7-6-13(17)15-9-2-3-9/h4-5,8-9,14H,2-3,6-7H2,1H3,(H,15,17). The Morgan fingerprint density at radius 3 is 2.85 bits per heavy atom. The molecule has 0 radical (unpaired) electrons. The van der Waals surface area contributed by atoms with Crippen molar-refractivity contribution in [1.82, 2.24) is 5.32 Å². The maximum atomic E-state index is 11.5. The van der Waals surface area contributed by atoms with Crippen LogP contribution in [-0.2, 0) is 4.79 Å². The van der Waals surface area contributed by atoms with Gasteiger partial charge in [0.15, 0.2) is 0 Å². The van der Waals surface area contributed by atoms with Gasteiger partial charge in [0, 0.05) is 31.1 Å². The van der Waals surface area contributed by atoms with Crippen molar-refractivity contribution in [3.05, 3.63) is 28.3 Å². The molecule has 7 heteroatoms. The first-order valence-corrected chi connectivity index (χ1v) is 6.46. The Balaban J connectivity index is 1.92. The Hall–Kier alpha value is -2.31. The van der Waals surface area contributed by atoms with Gasteiger partial charge in [0.05, 0.1) is 12.0 Å². The molecule has 0 spiro atoms. The molecular weight excluding hydrogens is 262 g/mol. The average Bonchev–Trinajstić information content (AvgIpc) is 3.22. The van der Waals surface area contributed by atoms with E-state index in [1.54, 1.807) is 6.07 Å². The number of benzene rings is 1. The third-order valence-corrected chi connectivity index (χ3v) is 3.01. The molecular formula is C13H17N3O4. The van der Waals surface area contributed by atoms with Crippen LogP contribution < -0.4 is 15.4 Å². The molecule has 0 aromatic heterocycles. The molecule has 1 aromatic rings. The summed E-state index contributed by atoms with van der Waals surface area (Å²) in [7, 11) is 1.49. The molecule has 1 aromatic carbocycles. The number of amides is 1. The van der Waals surface area contributed by atoms with E-state index in [0.29, 0.717) is 24.0 Å². The Labute approximate surface area is 116 Å². The highest BCUT2D eigenvalue weighted by Gasteiger charge is 2.23. The number of hydrogen-bond acceptors (Lipinski definition) is 5. The van der Waals surface area contributed by atoms with Crippen molar-refractivity contribution in [1.29, 1.82) is 0 Å². The van der Waals surface area contributed by atoms with Crippen molar-refractivity contribution in [2.75, 3.05) is 19.0 Å². The minimum atomic E-state index is -0.466. The van der Waals surface area contributed by atoms with Crippen molar-refractivity contribution >= 4 is 17.3 Å². The second-order valence-electron chi connectivity index (χ2n) is 4.66. The highest BCUT2D eigenvalue weighted by atomic mass is 16.6. The van der Waals surface area contributed by atoms with Gasteiger partial charge < -0.3 is 15.4 Å². The summed E-state index contributed by atoms with van der Waals surface area (Å²) in [6, 6.07) is 4.79. The van der Waals surface area contributed by atoms with Crippen molar-refractivity contribution in [2.24, 2.45) is 0 Å². The summed E-state index contributed by atoms with van der Waals surface area (Å²) >= 11 is 0. The van der Waals surface area contributed by atoms with E-state index in [1.807, 2.05) is 0 Å². The zero-order chi connectivity index (χ0) is 14.5. The van der Waals surface area contributed by atoms with Gasteiger partial charge in [-0.05, 0) is 18.9 Å². The maximum absolute atomic E-state index is 11.5. The van der Waals surface area contributed by atoms with Gasteiger partial charge in [0.2, 0.25) is 5.91 Å². The third-order valence-electron chi connectivity index (χ3n) is 3.01. The molecule has 0 heterocycles. The average molecular weight is 279 g/mol. The van der Waals surface area contributed by atoms with Gasteiger partial charge in [-0.3, -0.25) is 14.9 Å². The summed E-state index contributed by atoms with van der Waals surface area (Å²) in [5.74, 6) is 0.492. The van der Waals surface area contributed by atoms with Gasteiger partial charge in [-0.15, -0.1) is 0 Å². The lowest BCUT2D eigenvalue weighted by molar-refractivity contribution is -0.384. The predicted octanol–water partition coefficient (Wildman–Crippen LogP) is 1.68. The normalized spacial score (nSPS) is 13.7. The Morgan fingerprint density at radius 2 is 2.25 bits per heavy atom. The van der Waals surface area contributed by atoms with Crippen LogP contribution in [0.15, 0.2) is 18.2 Å². The molecule has 0 bridgehead atoms. The van der Waals surface area contributed by atoms with Crippen LogP contribution in [0.5, 0.6) is 5.75 Å². The first-order chi connectivity index (χ1) is 9.60. The molecule has 20 heavy (non-hydrogen) atoms. The summed E-state index contributed by atoms with van der Waals surface area (Å²) in [5.41, 5.74) is 0.321. The highest BCUT2D eigenvalue weighted by molar-refractivity contribution is 5.77. The molecule has 1 fully saturated rings. The van der Waals surface area contributed by atoms with Crippen LogP contribution in [0.25, 0.3) is 0 Å². The zero-order valence-corrected chi connectivity index (χ0v) is 11.2. The SMILES string of the molecule is COc1ccc([N+](=O)[O-])c(NCCC(=O)NC2CC2)c1. The van der Waals surface area contributed by atoms with Crippen LogP contribution >= 0.6 is 0 Å². The second-order valence-corrected chi connectivity index (χ2v) is 4.66. The summed E-state index contributed by atoms with van der Waals surface area (Å²) in [4.78, 5) is 22.0. The Kier molecular flexibility index (Phi) is 4.39. The molecule has 0 saturated heterocycles. The number of methoxy groups -OCH3 is 1. The van der Waals surface area contributed by atoms with Crippen molar-refractivity contribution in [3.63, 3.8) is 0 Å². The van der Waals surface area contributed by atoms with Crippen LogP contribution in [0.2, 0.25) is 0 Å². The van der Waals surface area contributed by atoms with Crippen molar-refractivity contribution in [2.45, 2.75) is 25.3 Å². The van der Waals surface area contributed by atoms with E-state index >= 15 is 0 Å². The number of rotatable bonds is 7. The number of nitrogens with one attached hydrogen (secondary N) is 2. The lowest BCUT2D eigenvalue weighted by Gasteiger charge is -2.09. The quantitative estimate of drug-likeness (QED) is 0.585. The third kappa shape index (κ3) is 3.84. The summed E-state index contributed by atoms with van der Waals surface area (Å²) in [5, 5.41) is 16.7. The molecule has 0 atom stereocenters. The monoisotopic (exact) mass is 279 g/mol. The molecule has 0 unspecified atom stereocenters. The summed E-state index contributed by atoms with van der Waals surface area (Å²) in [6.07, 6.45) is 2.37. The van der Waals surface area contributed by atoms with E-state index in [9.17, 15) is 14.9 Å². The minimum absolute atomic E-state index is 0.0339.